The van der Waals surface area contributed by atoms with Crippen LogP contribution in [0.4, 0.5) is 30.7 Å². The lowest BCUT2D eigenvalue weighted by molar-refractivity contribution is -0.189. The summed E-state index contributed by atoms with van der Waals surface area (Å²) in [6, 6.07) is 12.4. The molecule has 0 unspecified atom stereocenters. The third-order valence-corrected chi connectivity index (χ3v) is 5.51. The molecule has 0 saturated heterocycles. The third-order valence-electron chi connectivity index (χ3n) is 5.51. The maximum atomic E-state index is 14.7. The molecule has 1 nitrogen and oxygen atoms in total. The van der Waals surface area contributed by atoms with Gasteiger partial charge in [-0.25, -0.2) is 22.0 Å². The maximum absolute atomic E-state index is 14.7. The van der Waals surface area contributed by atoms with Crippen molar-refractivity contribution in [2.45, 2.75) is 20.0 Å². The highest BCUT2D eigenvalue weighted by molar-refractivity contribution is 5.65. The molecule has 0 aliphatic heterocycles. The van der Waals surface area contributed by atoms with Gasteiger partial charge in [0.25, 0.3) is 0 Å². The molecule has 0 heterocycles. The van der Waals surface area contributed by atoms with Crippen molar-refractivity contribution in [3.05, 3.63) is 124 Å². The Kier molecular flexibility index (Phi) is 6.99. The number of alkyl halides is 2. The SMILES string of the molecule is Cc1ccc(C#Cc2cc(F)c(C(F)(F)Oc3ccc(-c4cc(F)c(C)c(F)c4)c(F)c3)c(F)c2)cc1. The Morgan fingerprint density at radius 3 is 1.76 bits per heavy atom. The molecule has 4 aromatic rings. The zero-order valence-corrected chi connectivity index (χ0v) is 19.4. The average Bonchev–Trinajstić information content (AvgIpc) is 2.81. The van der Waals surface area contributed by atoms with Crippen LogP contribution in [-0.4, -0.2) is 0 Å². The number of rotatable bonds is 4. The molecule has 188 valence electrons. The molecular weight excluding hydrogens is 497 g/mol. The Morgan fingerprint density at radius 1 is 0.622 bits per heavy atom. The number of halogens is 7. The van der Waals surface area contributed by atoms with E-state index in [2.05, 4.69) is 16.6 Å². The fourth-order valence-electron chi connectivity index (χ4n) is 3.50. The van der Waals surface area contributed by atoms with Crippen LogP contribution in [0.25, 0.3) is 11.1 Å². The first-order valence-corrected chi connectivity index (χ1v) is 10.8. The van der Waals surface area contributed by atoms with Crippen LogP contribution in [0.5, 0.6) is 5.75 Å². The Hall–Kier alpha value is -4.25. The predicted octanol–water partition coefficient (Wildman–Crippen LogP) is 8.19. The fourth-order valence-corrected chi connectivity index (χ4v) is 3.50. The van der Waals surface area contributed by atoms with Crippen LogP contribution in [-0.2, 0) is 6.11 Å². The quantitative estimate of drug-likeness (QED) is 0.197. The predicted molar refractivity (Wildman–Crippen MR) is 125 cm³/mol. The van der Waals surface area contributed by atoms with Crippen molar-refractivity contribution in [1.82, 2.24) is 0 Å². The number of benzene rings is 4. The Morgan fingerprint density at radius 2 is 1.19 bits per heavy atom. The summed E-state index contributed by atoms with van der Waals surface area (Å²) in [6.07, 6.45) is -4.52. The lowest BCUT2D eigenvalue weighted by atomic mass is 10.0. The van der Waals surface area contributed by atoms with E-state index >= 15 is 0 Å². The summed E-state index contributed by atoms with van der Waals surface area (Å²) in [6.45, 7) is 3.07. The van der Waals surface area contributed by atoms with Crippen molar-refractivity contribution in [3.8, 4) is 28.7 Å². The van der Waals surface area contributed by atoms with Gasteiger partial charge in [-0.1, -0.05) is 29.5 Å². The second kappa shape index (κ2) is 10.0. The van der Waals surface area contributed by atoms with E-state index in [9.17, 15) is 30.7 Å². The van der Waals surface area contributed by atoms with Crippen LogP contribution >= 0.6 is 0 Å². The molecule has 0 radical (unpaired) electrons. The highest BCUT2D eigenvalue weighted by Crippen LogP contribution is 2.37. The average molecular weight is 514 g/mol. The minimum atomic E-state index is -4.52. The second-order valence-corrected chi connectivity index (χ2v) is 8.26. The van der Waals surface area contributed by atoms with Crippen molar-refractivity contribution < 1.29 is 35.5 Å². The van der Waals surface area contributed by atoms with Crippen molar-refractivity contribution in [2.75, 3.05) is 0 Å². The van der Waals surface area contributed by atoms with E-state index in [1.54, 1.807) is 24.3 Å². The molecule has 4 aromatic carbocycles. The molecule has 0 bridgehead atoms. The molecule has 4 rings (SSSR count). The van der Waals surface area contributed by atoms with Gasteiger partial charge in [-0.2, -0.15) is 8.78 Å². The summed E-state index contributed by atoms with van der Waals surface area (Å²) in [4.78, 5) is 0. The molecule has 37 heavy (non-hydrogen) atoms. The molecule has 0 amide bonds. The molecule has 0 atom stereocenters. The van der Waals surface area contributed by atoms with Gasteiger partial charge in [0.1, 0.15) is 40.4 Å². The molecule has 0 aliphatic rings. The van der Waals surface area contributed by atoms with Gasteiger partial charge in [0, 0.05) is 28.3 Å². The standard InChI is InChI=1S/C29H17F7O/c1-16-3-5-18(6-4-16)7-8-19-11-26(33)28(27(34)12-19)29(35,36)37-21-9-10-22(25(32)15-21)20-13-23(30)17(2)24(31)14-20/h3-6,9-15H,1-2H3. The molecular formula is C29H17F7O. The Labute approximate surface area is 208 Å². The minimum absolute atomic E-state index is 0.171. The van der Waals surface area contributed by atoms with Crippen LogP contribution in [0.1, 0.15) is 27.8 Å². The highest BCUT2D eigenvalue weighted by Gasteiger charge is 2.41. The molecule has 0 aromatic heterocycles. The number of aryl methyl sites for hydroxylation is 1. The summed E-state index contributed by atoms with van der Waals surface area (Å²) >= 11 is 0. The van der Waals surface area contributed by atoms with Gasteiger partial charge in [-0.15, -0.1) is 0 Å². The Bertz CT molecular complexity index is 1500. The van der Waals surface area contributed by atoms with Crippen molar-refractivity contribution in [2.24, 2.45) is 0 Å². The number of hydrogen-bond donors (Lipinski definition) is 0. The topological polar surface area (TPSA) is 9.23 Å². The van der Waals surface area contributed by atoms with Gasteiger partial charge in [-0.3, -0.25) is 0 Å². The monoisotopic (exact) mass is 514 g/mol. The fraction of sp³-hybridized carbons (Fsp3) is 0.103. The van der Waals surface area contributed by atoms with E-state index in [1.165, 1.54) is 6.92 Å². The first-order chi connectivity index (χ1) is 17.4. The molecule has 0 N–H and O–H groups in total. The van der Waals surface area contributed by atoms with Crippen molar-refractivity contribution in [3.63, 3.8) is 0 Å². The summed E-state index contributed by atoms with van der Waals surface area (Å²) in [5, 5.41) is 0. The summed E-state index contributed by atoms with van der Waals surface area (Å²) < 4.78 is 105. The number of hydrogen-bond acceptors (Lipinski definition) is 1. The van der Waals surface area contributed by atoms with Gasteiger partial charge >= 0.3 is 6.11 Å². The Balaban J connectivity index is 1.60. The van der Waals surface area contributed by atoms with Crippen LogP contribution in [0, 0.1) is 54.8 Å². The van der Waals surface area contributed by atoms with Gasteiger partial charge in [0.2, 0.25) is 0 Å². The number of ether oxygens (including phenoxy) is 1. The van der Waals surface area contributed by atoms with E-state index in [4.69, 9.17) is 0 Å². The first kappa shape index (κ1) is 25.8. The van der Waals surface area contributed by atoms with E-state index < -0.39 is 46.5 Å². The lowest BCUT2D eigenvalue weighted by Gasteiger charge is -2.20. The van der Waals surface area contributed by atoms with E-state index in [0.717, 1.165) is 29.8 Å². The van der Waals surface area contributed by atoms with Gasteiger partial charge in [-0.05, 0) is 67.9 Å². The van der Waals surface area contributed by atoms with Crippen LogP contribution in [0.15, 0.2) is 66.7 Å². The molecule has 0 aliphatic carbocycles. The van der Waals surface area contributed by atoms with E-state index in [-0.39, 0.29) is 22.3 Å². The first-order valence-electron chi connectivity index (χ1n) is 10.8. The smallest absolute Gasteiger partial charge is 0.429 e. The van der Waals surface area contributed by atoms with Gasteiger partial charge in [0.15, 0.2) is 0 Å². The van der Waals surface area contributed by atoms with Crippen LogP contribution < -0.4 is 4.74 Å². The summed E-state index contributed by atoms with van der Waals surface area (Å²) in [7, 11) is 0. The zero-order valence-electron chi connectivity index (χ0n) is 19.4. The largest absolute Gasteiger partial charge is 0.432 e. The maximum Gasteiger partial charge on any atom is 0.432 e. The van der Waals surface area contributed by atoms with Gasteiger partial charge < -0.3 is 4.74 Å². The molecule has 0 fully saturated rings. The summed E-state index contributed by atoms with van der Waals surface area (Å²) in [5.41, 5.74) is -1.03. The van der Waals surface area contributed by atoms with Crippen LogP contribution in [0.2, 0.25) is 0 Å². The van der Waals surface area contributed by atoms with Crippen LogP contribution in [0.3, 0.4) is 0 Å². The van der Waals surface area contributed by atoms with Crippen molar-refractivity contribution >= 4 is 0 Å². The highest BCUT2D eigenvalue weighted by atomic mass is 19.3. The second-order valence-electron chi connectivity index (χ2n) is 8.26. The van der Waals surface area contributed by atoms with E-state index in [0.29, 0.717) is 23.8 Å². The zero-order chi connectivity index (χ0) is 26.9. The minimum Gasteiger partial charge on any atom is -0.429 e. The van der Waals surface area contributed by atoms with Crippen molar-refractivity contribution in [1.29, 1.82) is 0 Å². The summed E-state index contributed by atoms with van der Waals surface area (Å²) in [5.74, 6) is -1.76. The van der Waals surface area contributed by atoms with Gasteiger partial charge in [0.05, 0.1) is 0 Å². The molecule has 8 heteroatoms. The molecule has 0 spiro atoms. The normalized spacial score (nSPS) is 11.2. The molecule has 0 saturated carbocycles. The third kappa shape index (κ3) is 5.61. The van der Waals surface area contributed by atoms with E-state index in [1.807, 2.05) is 6.92 Å². The lowest BCUT2D eigenvalue weighted by Crippen LogP contribution is -2.25.